The molecule has 0 bridgehead atoms. The van der Waals surface area contributed by atoms with Crippen molar-refractivity contribution >= 4 is 17.4 Å². The Hall–Kier alpha value is -0.800. The minimum absolute atomic E-state index is 0.756. The number of anilines is 1. The maximum atomic E-state index is 6.22. The van der Waals surface area contributed by atoms with Crippen molar-refractivity contribution in [3.05, 3.63) is 22.8 Å². The summed E-state index contributed by atoms with van der Waals surface area (Å²) >= 11 is 6.22. The van der Waals surface area contributed by atoms with Gasteiger partial charge in [0.15, 0.2) is 0 Å². The second-order valence-corrected chi connectivity index (χ2v) is 5.69. The zero-order valence-electron chi connectivity index (χ0n) is 12.0. The van der Waals surface area contributed by atoms with Crippen LogP contribution in [0.15, 0.2) is 12.1 Å². The number of nitrogens with zero attached hydrogens (tertiary/aromatic N) is 2. The summed E-state index contributed by atoms with van der Waals surface area (Å²) in [7, 11) is 0. The standard InChI is InChI=1S/C15H24ClN3/c1-3-8-17-10-14-13(16)5-6-15(18-14)19-9-7-12(4-2)11-19/h5-6,12,17H,3-4,7-11H2,1-2H3. The molecule has 0 amide bonds. The Balaban J connectivity index is 2.03. The minimum Gasteiger partial charge on any atom is -0.356 e. The fourth-order valence-electron chi connectivity index (χ4n) is 2.53. The Labute approximate surface area is 121 Å². The van der Waals surface area contributed by atoms with Crippen LogP contribution in [-0.2, 0) is 6.54 Å². The van der Waals surface area contributed by atoms with Crippen LogP contribution in [-0.4, -0.2) is 24.6 Å². The van der Waals surface area contributed by atoms with Crippen LogP contribution in [0.4, 0.5) is 5.82 Å². The van der Waals surface area contributed by atoms with E-state index in [-0.39, 0.29) is 0 Å². The highest BCUT2D eigenvalue weighted by molar-refractivity contribution is 6.31. The summed E-state index contributed by atoms with van der Waals surface area (Å²) in [6.07, 6.45) is 3.67. The van der Waals surface area contributed by atoms with Crippen molar-refractivity contribution in [2.45, 2.75) is 39.7 Å². The number of halogens is 1. The molecule has 0 aliphatic carbocycles. The highest BCUT2D eigenvalue weighted by atomic mass is 35.5. The lowest BCUT2D eigenvalue weighted by atomic mass is 10.1. The monoisotopic (exact) mass is 281 g/mol. The first-order valence-corrected chi connectivity index (χ1v) is 7.73. The second-order valence-electron chi connectivity index (χ2n) is 5.28. The fraction of sp³-hybridized carbons (Fsp3) is 0.667. The molecule has 1 unspecified atom stereocenters. The van der Waals surface area contributed by atoms with Crippen LogP contribution in [0.25, 0.3) is 0 Å². The van der Waals surface area contributed by atoms with Gasteiger partial charge in [0.05, 0.1) is 10.7 Å². The van der Waals surface area contributed by atoms with E-state index in [1.165, 1.54) is 12.8 Å². The molecule has 1 saturated heterocycles. The highest BCUT2D eigenvalue weighted by Gasteiger charge is 2.22. The Kier molecular flexibility index (Phi) is 5.46. The summed E-state index contributed by atoms with van der Waals surface area (Å²) in [5.41, 5.74) is 0.965. The Morgan fingerprint density at radius 1 is 1.42 bits per heavy atom. The van der Waals surface area contributed by atoms with Gasteiger partial charge in [-0.25, -0.2) is 4.98 Å². The fourth-order valence-corrected chi connectivity index (χ4v) is 2.70. The van der Waals surface area contributed by atoms with E-state index in [0.29, 0.717) is 0 Å². The third-order valence-electron chi connectivity index (χ3n) is 3.81. The van der Waals surface area contributed by atoms with Crippen LogP contribution >= 0.6 is 11.6 Å². The smallest absolute Gasteiger partial charge is 0.128 e. The van der Waals surface area contributed by atoms with Gasteiger partial charge in [0, 0.05) is 19.6 Å². The molecule has 1 aromatic heterocycles. The Bertz CT molecular complexity index is 408. The van der Waals surface area contributed by atoms with Crippen molar-refractivity contribution in [3.63, 3.8) is 0 Å². The van der Waals surface area contributed by atoms with E-state index in [0.717, 1.165) is 55.1 Å². The zero-order valence-corrected chi connectivity index (χ0v) is 12.7. The number of aromatic nitrogens is 1. The van der Waals surface area contributed by atoms with E-state index in [9.17, 15) is 0 Å². The van der Waals surface area contributed by atoms with Crippen LogP contribution in [0.2, 0.25) is 5.02 Å². The summed E-state index contributed by atoms with van der Waals surface area (Å²) < 4.78 is 0. The molecule has 106 valence electrons. The molecule has 1 aliphatic rings. The normalized spacial score (nSPS) is 19.1. The molecule has 1 atom stereocenters. The van der Waals surface area contributed by atoms with Gasteiger partial charge in [0.2, 0.25) is 0 Å². The first-order valence-electron chi connectivity index (χ1n) is 7.35. The molecule has 19 heavy (non-hydrogen) atoms. The lowest BCUT2D eigenvalue weighted by Crippen LogP contribution is -2.22. The molecule has 2 rings (SSSR count). The minimum atomic E-state index is 0.756. The Morgan fingerprint density at radius 2 is 2.26 bits per heavy atom. The molecule has 1 fully saturated rings. The largest absolute Gasteiger partial charge is 0.356 e. The summed E-state index contributed by atoms with van der Waals surface area (Å²) in [5, 5.41) is 4.13. The topological polar surface area (TPSA) is 28.2 Å². The van der Waals surface area contributed by atoms with Crippen molar-refractivity contribution < 1.29 is 0 Å². The SMILES string of the molecule is CCCNCc1nc(N2CCC(CC)C2)ccc1Cl. The van der Waals surface area contributed by atoms with Gasteiger partial charge in [-0.3, -0.25) is 0 Å². The number of pyridine rings is 1. The van der Waals surface area contributed by atoms with Crippen molar-refractivity contribution in [1.82, 2.24) is 10.3 Å². The van der Waals surface area contributed by atoms with Crippen LogP contribution in [0.1, 0.15) is 38.8 Å². The summed E-state index contributed by atoms with van der Waals surface area (Å²) in [6, 6.07) is 4.02. The van der Waals surface area contributed by atoms with Gasteiger partial charge in [-0.1, -0.05) is 31.9 Å². The van der Waals surface area contributed by atoms with E-state index in [2.05, 4.69) is 24.1 Å². The average molecular weight is 282 g/mol. The molecule has 1 aliphatic heterocycles. The molecular formula is C15H24ClN3. The molecule has 4 heteroatoms. The predicted molar refractivity (Wildman–Crippen MR) is 81.9 cm³/mol. The van der Waals surface area contributed by atoms with E-state index in [1.54, 1.807) is 0 Å². The maximum Gasteiger partial charge on any atom is 0.128 e. The van der Waals surface area contributed by atoms with Gasteiger partial charge in [0.25, 0.3) is 0 Å². The molecule has 1 N–H and O–H groups in total. The lowest BCUT2D eigenvalue weighted by Gasteiger charge is -2.18. The third-order valence-corrected chi connectivity index (χ3v) is 4.15. The van der Waals surface area contributed by atoms with Gasteiger partial charge in [-0.15, -0.1) is 0 Å². The van der Waals surface area contributed by atoms with E-state index < -0.39 is 0 Å². The molecule has 0 spiro atoms. The predicted octanol–water partition coefficient (Wildman–Crippen LogP) is 3.47. The Morgan fingerprint density at radius 3 is 2.95 bits per heavy atom. The van der Waals surface area contributed by atoms with Crippen molar-refractivity contribution in [3.8, 4) is 0 Å². The van der Waals surface area contributed by atoms with Crippen LogP contribution < -0.4 is 10.2 Å². The van der Waals surface area contributed by atoms with E-state index in [4.69, 9.17) is 16.6 Å². The summed E-state index contributed by atoms with van der Waals surface area (Å²) in [5.74, 6) is 1.90. The highest BCUT2D eigenvalue weighted by Crippen LogP contribution is 2.26. The van der Waals surface area contributed by atoms with Gasteiger partial charge < -0.3 is 10.2 Å². The molecule has 2 heterocycles. The van der Waals surface area contributed by atoms with Crippen molar-refractivity contribution in [1.29, 1.82) is 0 Å². The molecule has 0 aromatic carbocycles. The van der Waals surface area contributed by atoms with Crippen LogP contribution in [0, 0.1) is 5.92 Å². The van der Waals surface area contributed by atoms with Gasteiger partial charge in [-0.2, -0.15) is 0 Å². The molecule has 1 aromatic rings. The average Bonchev–Trinajstić information content (AvgIpc) is 2.90. The summed E-state index contributed by atoms with van der Waals surface area (Å²) in [4.78, 5) is 7.11. The van der Waals surface area contributed by atoms with E-state index >= 15 is 0 Å². The first-order chi connectivity index (χ1) is 9.24. The maximum absolute atomic E-state index is 6.22. The number of nitrogens with one attached hydrogen (secondary N) is 1. The number of hydrogen-bond acceptors (Lipinski definition) is 3. The zero-order chi connectivity index (χ0) is 13.7. The van der Waals surface area contributed by atoms with Crippen LogP contribution in [0.5, 0.6) is 0 Å². The lowest BCUT2D eigenvalue weighted by molar-refractivity contribution is 0.568. The second kappa shape index (κ2) is 7.11. The van der Waals surface area contributed by atoms with E-state index in [1.807, 2.05) is 12.1 Å². The number of rotatable bonds is 6. The molecular weight excluding hydrogens is 258 g/mol. The van der Waals surface area contributed by atoms with Gasteiger partial charge in [-0.05, 0) is 37.4 Å². The van der Waals surface area contributed by atoms with Gasteiger partial charge >= 0.3 is 0 Å². The van der Waals surface area contributed by atoms with Gasteiger partial charge in [0.1, 0.15) is 5.82 Å². The molecule has 0 saturated carbocycles. The van der Waals surface area contributed by atoms with Crippen LogP contribution in [0.3, 0.4) is 0 Å². The molecule has 3 nitrogen and oxygen atoms in total. The first kappa shape index (κ1) is 14.6. The summed E-state index contributed by atoms with van der Waals surface area (Å²) in [6.45, 7) is 8.44. The quantitative estimate of drug-likeness (QED) is 0.810. The third kappa shape index (κ3) is 3.83. The number of hydrogen-bond donors (Lipinski definition) is 1. The van der Waals surface area contributed by atoms with Crippen molar-refractivity contribution in [2.75, 3.05) is 24.5 Å². The molecule has 0 radical (unpaired) electrons. The van der Waals surface area contributed by atoms with Crippen molar-refractivity contribution in [2.24, 2.45) is 5.92 Å².